The number of Topliss-reactive ketones (excluding diaryl/α,β-unsaturated/α-hetero) is 3. The number of halogens is 6. The number of aromatic carboxylic acids is 1. The summed E-state index contributed by atoms with van der Waals surface area (Å²) >= 11 is 0. The fraction of sp³-hybridized carbons (Fsp3) is 0.220. The van der Waals surface area contributed by atoms with Gasteiger partial charge in [-0.1, -0.05) is 24.3 Å². The zero-order valence-electron chi connectivity index (χ0n) is 43.4. The van der Waals surface area contributed by atoms with E-state index in [1.807, 2.05) is 0 Å². The highest BCUT2D eigenvalue weighted by Gasteiger charge is 2.31. The number of rotatable bonds is 20. The summed E-state index contributed by atoms with van der Waals surface area (Å²) in [5.41, 5.74) is 15.4. The van der Waals surface area contributed by atoms with Gasteiger partial charge in [-0.05, 0) is 95.8 Å². The Balaban J connectivity index is 0.000000198. The van der Waals surface area contributed by atoms with Crippen molar-refractivity contribution >= 4 is 35.1 Å². The minimum Gasteiger partial charge on any atom is -0.476 e. The van der Waals surface area contributed by atoms with E-state index < -0.39 is 64.5 Å². The van der Waals surface area contributed by atoms with Gasteiger partial charge < -0.3 is 26.0 Å². The Hall–Kier alpha value is -9.48. The number of aromatic nitrogens is 6. The summed E-state index contributed by atoms with van der Waals surface area (Å²) in [6, 6.07) is 20.5. The average Bonchev–Trinajstić information content (AvgIpc) is 4.43. The van der Waals surface area contributed by atoms with Crippen LogP contribution in [0.1, 0.15) is 118 Å². The molecule has 2 aliphatic heterocycles. The number of carbonyl (C=O) groups is 6. The lowest BCUT2D eigenvalue weighted by molar-refractivity contribution is -0.121. The lowest BCUT2D eigenvalue weighted by atomic mass is 9.86. The van der Waals surface area contributed by atoms with Crippen molar-refractivity contribution in [3.05, 3.63) is 212 Å². The Bertz CT molecular complexity index is 3580. The van der Waals surface area contributed by atoms with Gasteiger partial charge in [-0.25, -0.2) is 31.1 Å². The Morgan fingerprint density at radius 1 is 0.561 bits per heavy atom. The zero-order chi connectivity index (χ0) is 58.5. The van der Waals surface area contributed by atoms with Crippen LogP contribution in [-0.4, -0.2) is 69.8 Å². The molecule has 0 saturated heterocycles. The number of hydrogen-bond donors (Lipinski definition) is 3. The Kier molecular flexibility index (Phi) is 17.1. The van der Waals surface area contributed by atoms with Gasteiger partial charge in [-0.15, -0.1) is 0 Å². The van der Waals surface area contributed by atoms with E-state index in [-0.39, 0.29) is 111 Å². The van der Waals surface area contributed by atoms with E-state index >= 15 is 0 Å². The lowest BCUT2D eigenvalue weighted by Crippen LogP contribution is -2.19. The van der Waals surface area contributed by atoms with Crippen LogP contribution in [0.15, 0.2) is 109 Å². The minimum absolute atomic E-state index is 0.00893. The van der Waals surface area contributed by atoms with Gasteiger partial charge >= 0.3 is 5.97 Å². The minimum atomic E-state index is -1.24. The number of amides is 2. The quantitative estimate of drug-likeness (QED) is 0.0477. The molecule has 2 aliphatic rings. The van der Waals surface area contributed by atoms with Gasteiger partial charge in [-0.2, -0.15) is 10.2 Å². The predicted molar refractivity (Wildman–Crippen MR) is 280 cm³/mol. The molecule has 4 aromatic heterocycles. The molecular formula is C59H48F6N8O9. The molecule has 420 valence electrons. The lowest BCUT2D eigenvalue weighted by Gasteiger charge is -2.20. The van der Waals surface area contributed by atoms with Crippen LogP contribution in [-0.2, 0) is 71.4 Å². The van der Waals surface area contributed by atoms with Gasteiger partial charge in [-0.3, -0.25) is 43.3 Å². The summed E-state index contributed by atoms with van der Waals surface area (Å²) in [6.07, 6.45) is 2.79. The van der Waals surface area contributed by atoms with E-state index in [9.17, 15) is 60.2 Å². The molecule has 0 saturated carbocycles. The number of hydrogen-bond acceptors (Lipinski definition) is 12. The molecule has 17 nitrogen and oxygen atoms in total. The highest BCUT2D eigenvalue weighted by atomic mass is 19.2. The molecule has 2 atom stereocenters. The molecule has 8 aromatic rings. The highest BCUT2D eigenvalue weighted by Crippen LogP contribution is 2.36. The number of carboxylic acid groups (broad SMARTS) is 1. The second kappa shape index (κ2) is 24.5. The highest BCUT2D eigenvalue weighted by molar-refractivity contribution is 5.96. The fourth-order valence-electron chi connectivity index (χ4n) is 10.2. The third-order valence-corrected chi connectivity index (χ3v) is 13.8. The van der Waals surface area contributed by atoms with Crippen LogP contribution in [0.4, 0.5) is 26.3 Å². The number of pyridine rings is 2. The molecule has 0 aliphatic carbocycles. The van der Waals surface area contributed by atoms with Crippen molar-refractivity contribution in [1.82, 2.24) is 29.5 Å². The van der Waals surface area contributed by atoms with Crippen molar-refractivity contribution in [2.45, 2.75) is 84.0 Å². The first-order valence-corrected chi connectivity index (χ1v) is 25.3. The van der Waals surface area contributed by atoms with E-state index in [1.165, 1.54) is 65.1 Å². The van der Waals surface area contributed by atoms with Crippen LogP contribution in [0.25, 0.3) is 22.3 Å². The molecule has 6 heterocycles. The molecule has 23 heteroatoms. The summed E-state index contributed by atoms with van der Waals surface area (Å²) in [5.74, 6) is -10.1. The first-order valence-electron chi connectivity index (χ1n) is 25.3. The van der Waals surface area contributed by atoms with E-state index in [2.05, 4.69) is 20.2 Å². The SMILES string of the molecule is CC(=O)c1nn(CC(=O)C[C@@H](Cc2cc(F)cc(F)c2)c2ncccc2-c2ccc(F)c(C(N)=O)c2)c2c1COC2.NC(=O)c1cc(-c2cccnc2[C@@H](CC(=O)Cn2nc(C(=O)O)c3c2COC3)Cc2cc(F)cc(F)c2)ccc1F. The maximum atomic E-state index is 14.2. The normalized spacial score (nSPS) is 13.2. The van der Waals surface area contributed by atoms with Crippen LogP contribution in [0.5, 0.6) is 0 Å². The van der Waals surface area contributed by atoms with E-state index in [1.54, 1.807) is 24.3 Å². The fourth-order valence-corrected chi connectivity index (χ4v) is 10.2. The van der Waals surface area contributed by atoms with Crippen molar-refractivity contribution in [2.75, 3.05) is 0 Å². The Morgan fingerprint density at radius 2 is 0.963 bits per heavy atom. The third kappa shape index (κ3) is 12.9. The second-order valence-corrected chi connectivity index (χ2v) is 19.5. The summed E-state index contributed by atoms with van der Waals surface area (Å²) in [4.78, 5) is 83.0. The molecule has 2 amide bonds. The Morgan fingerprint density at radius 3 is 1.35 bits per heavy atom. The smallest absolute Gasteiger partial charge is 0.356 e. The molecule has 0 bridgehead atoms. The average molecular weight is 1130 g/mol. The number of carboxylic acids is 1. The topological polar surface area (TPSA) is 255 Å². The number of nitrogens with zero attached hydrogens (tertiary/aromatic N) is 6. The molecule has 0 radical (unpaired) electrons. The molecular weight excluding hydrogens is 1080 g/mol. The number of primary amides is 2. The standard InChI is InChI=1S/C30H25F3N4O4.C29H23F3N4O5/c1-16(38)28-25-14-41-15-27(25)37(36-28)13-22(39)10-19(7-17-8-20(31)12-21(32)9-17)29-23(3-2-6-35-29)18-4-5-26(33)24(11-18)30(34)40;30-18-7-15(8-19(31)11-18)6-17(9-20(37)12-36-25-14-41-13-23(25)27(35-36)29(39)40)26-21(2-1-5-34-26)16-3-4-24(32)22(10-16)28(33)38/h2-6,8-9,11-12,19H,7,10,13-15H2,1H3,(H2,34,40);1-5,7-8,10-11,17H,6,9,12-14H2,(H2,33,38)(H,39,40)/t19-;17-/m11/s1. The zero-order valence-corrected chi connectivity index (χ0v) is 43.4. The number of ether oxygens (including phenoxy) is 2. The van der Waals surface area contributed by atoms with E-state index in [0.29, 0.717) is 61.7 Å². The first-order chi connectivity index (χ1) is 39.2. The monoisotopic (exact) mass is 1130 g/mol. The van der Waals surface area contributed by atoms with Crippen molar-refractivity contribution in [3.63, 3.8) is 0 Å². The summed E-state index contributed by atoms with van der Waals surface area (Å²) in [5, 5.41) is 17.9. The molecule has 0 spiro atoms. The van der Waals surface area contributed by atoms with Crippen molar-refractivity contribution in [1.29, 1.82) is 0 Å². The summed E-state index contributed by atoms with van der Waals surface area (Å²) < 4.78 is 98.2. The third-order valence-electron chi connectivity index (χ3n) is 13.8. The molecule has 10 rings (SSSR count). The van der Waals surface area contributed by atoms with Gasteiger partial charge in [0, 0.05) is 78.4 Å². The maximum absolute atomic E-state index is 14.2. The number of nitrogens with two attached hydrogens (primary N) is 2. The van der Waals surface area contributed by atoms with Gasteiger partial charge in [0.2, 0.25) is 0 Å². The predicted octanol–water partition coefficient (Wildman–Crippen LogP) is 8.86. The summed E-state index contributed by atoms with van der Waals surface area (Å²) in [6.45, 7) is 1.59. The van der Waals surface area contributed by atoms with Crippen molar-refractivity contribution in [3.8, 4) is 22.3 Å². The number of fused-ring (bicyclic) bond motifs is 2. The molecule has 0 unspecified atom stereocenters. The van der Waals surface area contributed by atoms with Gasteiger partial charge in [0.25, 0.3) is 11.8 Å². The molecule has 82 heavy (non-hydrogen) atoms. The van der Waals surface area contributed by atoms with Gasteiger partial charge in [0.15, 0.2) is 23.0 Å². The number of ketones is 3. The largest absolute Gasteiger partial charge is 0.476 e. The van der Waals surface area contributed by atoms with E-state index in [0.717, 1.165) is 36.4 Å². The number of carbonyl (C=O) groups excluding carboxylic acids is 5. The Labute approximate surface area is 462 Å². The maximum Gasteiger partial charge on any atom is 0.356 e. The van der Waals surface area contributed by atoms with E-state index in [4.69, 9.17) is 20.9 Å². The van der Waals surface area contributed by atoms with Crippen LogP contribution < -0.4 is 11.5 Å². The van der Waals surface area contributed by atoms with Crippen LogP contribution >= 0.6 is 0 Å². The number of benzene rings is 4. The van der Waals surface area contributed by atoms with Crippen LogP contribution in [0, 0.1) is 34.9 Å². The van der Waals surface area contributed by atoms with Crippen molar-refractivity contribution < 1.29 is 69.7 Å². The molecule has 4 aromatic carbocycles. The van der Waals surface area contributed by atoms with Crippen LogP contribution in [0.3, 0.4) is 0 Å². The van der Waals surface area contributed by atoms with Crippen molar-refractivity contribution in [2.24, 2.45) is 11.5 Å². The molecule has 5 N–H and O–H groups in total. The summed E-state index contributed by atoms with van der Waals surface area (Å²) in [7, 11) is 0. The van der Waals surface area contributed by atoms with Crippen LogP contribution in [0.2, 0.25) is 0 Å². The second-order valence-electron chi connectivity index (χ2n) is 19.5. The van der Waals surface area contributed by atoms with Gasteiger partial charge in [0.1, 0.15) is 40.6 Å². The molecule has 0 fully saturated rings. The first kappa shape index (κ1) is 57.2. The van der Waals surface area contributed by atoms with Gasteiger partial charge in [0.05, 0.1) is 73.4 Å².